The summed E-state index contributed by atoms with van der Waals surface area (Å²) in [7, 11) is 0. The molecule has 0 aliphatic heterocycles. The van der Waals surface area contributed by atoms with Crippen LogP contribution in [0.15, 0.2) is 53.4 Å². The molecule has 21 heavy (non-hydrogen) atoms. The smallest absolute Gasteiger partial charge is 0.120 e. The molecule has 5 heteroatoms. The molecule has 0 saturated heterocycles. The third-order valence-electron chi connectivity index (χ3n) is 3.24. The molecule has 2 aromatic carbocycles. The molecule has 3 aromatic rings. The van der Waals surface area contributed by atoms with Gasteiger partial charge in [-0.2, -0.15) is 0 Å². The van der Waals surface area contributed by atoms with Crippen LogP contribution in [0, 0.1) is 0 Å². The predicted octanol–water partition coefficient (Wildman–Crippen LogP) is 3.97. The summed E-state index contributed by atoms with van der Waals surface area (Å²) in [6.45, 7) is 0.677. The van der Waals surface area contributed by atoms with Gasteiger partial charge in [-0.15, -0.1) is 11.8 Å². The third-order valence-corrected chi connectivity index (χ3v) is 4.50. The van der Waals surface area contributed by atoms with Gasteiger partial charge < -0.3 is 9.67 Å². The van der Waals surface area contributed by atoms with Crippen molar-refractivity contribution in [2.24, 2.45) is 0 Å². The fourth-order valence-corrected chi connectivity index (χ4v) is 3.23. The van der Waals surface area contributed by atoms with Crippen molar-refractivity contribution in [1.29, 1.82) is 0 Å². The average Bonchev–Trinajstić information content (AvgIpc) is 2.85. The summed E-state index contributed by atoms with van der Waals surface area (Å²) in [5, 5.41) is 10.0. The van der Waals surface area contributed by atoms with Crippen LogP contribution in [0.3, 0.4) is 0 Å². The van der Waals surface area contributed by atoms with E-state index in [-0.39, 0.29) is 6.61 Å². The van der Waals surface area contributed by atoms with Gasteiger partial charge in [-0.05, 0) is 36.4 Å². The number of fused-ring (bicyclic) bond motifs is 1. The van der Waals surface area contributed by atoms with E-state index in [1.165, 1.54) is 0 Å². The Kier molecular flexibility index (Phi) is 4.48. The van der Waals surface area contributed by atoms with Crippen molar-refractivity contribution >= 4 is 34.4 Å². The summed E-state index contributed by atoms with van der Waals surface area (Å²) in [5.74, 6) is 1.74. The lowest BCUT2D eigenvalue weighted by Crippen LogP contribution is -2.06. The van der Waals surface area contributed by atoms with Gasteiger partial charge in [0, 0.05) is 16.5 Å². The Hall–Kier alpha value is -1.49. The quantitative estimate of drug-likeness (QED) is 0.723. The summed E-state index contributed by atoms with van der Waals surface area (Å²) < 4.78 is 2.08. The maximum absolute atomic E-state index is 9.27. The molecule has 0 aliphatic carbocycles. The van der Waals surface area contributed by atoms with Crippen LogP contribution in [0.5, 0.6) is 0 Å². The first-order chi connectivity index (χ1) is 10.3. The fraction of sp³-hybridized carbons (Fsp3) is 0.188. The first kappa shape index (κ1) is 14.4. The largest absolute Gasteiger partial charge is 0.395 e. The van der Waals surface area contributed by atoms with Gasteiger partial charge >= 0.3 is 0 Å². The lowest BCUT2D eigenvalue weighted by Gasteiger charge is -2.07. The van der Waals surface area contributed by atoms with Gasteiger partial charge in [0.1, 0.15) is 5.82 Å². The minimum atomic E-state index is 0.110. The molecule has 0 saturated carbocycles. The van der Waals surface area contributed by atoms with Crippen LogP contribution >= 0.6 is 23.4 Å². The molecule has 0 radical (unpaired) electrons. The Balaban J connectivity index is 1.85. The molecule has 3 rings (SSSR count). The minimum Gasteiger partial charge on any atom is -0.395 e. The Labute approximate surface area is 132 Å². The predicted molar refractivity (Wildman–Crippen MR) is 87.8 cm³/mol. The standard InChI is InChI=1S/C16H15ClN2OS/c17-12-5-7-13(8-6-12)21-11-16-18-14-3-1-2-4-15(14)19(16)9-10-20/h1-8,20H,9-11H2. The van der Waals surface area contributed by atoms with Gasteiger partial charge in [0.05, 0.1) is 23.4 Å². The Morgan fingerprint density at radius 3 is 2.62 bits per heavy atom. The first-order valence-electron chi connectivity index (χ1n) is 6.71. The first-order valence-corrected chi connectivity index (χ1v) is 8.07. The second kappa shape index (κ2) is 6.52. The number of aliphatic hydroxyl groups is 1. The number of nitrogens with zero attached hydrogens (tertiary/aromatic N) is 2. The molecule has 0 fully saturated rings. The number of aliphatic hydroxyl groups excluding tert-OH is 1. The van der Waals surface area contributed by atoms with Crippen LogP contribution in [0.4, 0.5) is 0 Å². The summed E-state index contributed by atoms with van der Waals surface area (Å²) in [6.07, 6.45) is 0. The summed E-state index contributed by atoms with van der Waals surface area (Å²) >= 11 is 7.61. The lowest BCUT2D eigenvalue weighted by molar-refractivity contribution is 0.276. The molecule has 1 N–H and O–H groups in total. The number of aromatic nitrogens is 2. The van der Waals surface area contributed by atoms with E-state index in [0.717, 1.165) is 32.5 Å². The maximum Gasteiger partial charge on any atom is 0.120 e. The minimum absolute atomic E-state index is 0.110. The van der Waals surface area contributed by atoms with Gasteiger partial charge in [-0.25, -0.2) is 4.98 Å². The van der Waals surface area contributed by atoms with Crippen molar-refractivity contribution in [1.82, 2.24) is 9.55 Å². The highest BCUT2D eigenvalue weighted by Crippen LogP contribution is 2.26. The zero-order valence-electron chi connectivity index (χ0n) is 11.4. The molecule has 3 nitrogen and oxygen atoms in total. The van der Waals surface area contributed by atoms with Crippen molar-refractivity contribution in [2.45, 2.75) is 17.2 Å². The van der Waals surface area contributed by atoms with E-state index in [1.807, 2.05) is 48.5 Å². The Morgan fingerprint density at radius 2 is 1.86 bits per heavy atom. The highest BCUT2D eigenvalue weighted by atomic mass is 35.5. The molecule has 1 aromatic heterocycles. The second-order valence-electron chi connectivity index (χ2n) is 4.63. The molecule has 0 atom stereocenters. The number of hydrogen-bond donors (Lipinski definition) is 1. The van der Waals surface area contributed by atoms with Crippen LogP contribution in [-0.2, 0) is 12.3 Å². The van der Waals surface area contributed by atoms with Crippen LogP contribution in [-0.4, -0.2) is 21.3 Å². The van der Waals surface area contributed by atoms with Crippen LogP contribution < -0.4 is 0 Å². The van der Waals surface area contributed by atoms with Gasteiger partial charge in [0.15, 0.2) is 0 Å². The summed E-state index contributed by atoms with van der Waals surface area (Å²) in [4.78, 5) is 5.82. The van der Waals surface area contributed by atoms with Gasteiger partial charge in [0.2, 0.25) is 0 Å². The molecule has 0 amide bonds. The molecular formula is C16H15ClN2OS. The SMILES string of the molecule is OCCn1c(CSc2ccc(Cl)cc2)nc2ccccc21. The number of rotatable bonds is 5. The van der Waals surface area contributed by atoms with Gasteiger partial charge in [0.25, 0.3) is 0 Å². The van der Waals surface area contributed by atoms with Crippen LogP contribution in [0.25, 0.3) is 11.0 Å². The average molecular weight is 319 g/mol. The third kappa shape index (κ3) is 3.23. The maximum atomic E-state index is 9.27. The number of hydrogen-bond acceptors (Lipinski definition) is 3. The van der Waals surface area contributed by atoms with E-state index in [1.54, 1.807) is 11.8 Å². The number of thioether (sulfide) groups is 1. The number of para-hydroxylation sites is 2. The zero-order valence-corrected chi connectivity index (χ0v) is 12.9. The monoisotopic (exact) mass is 318 g/mol. The molecule has 0 unspecified atom stereocenters. The normalized spacial score (nSPS) is 11.1. The molecule has 0 spiro atoms. The van der Waals surface area contributed by atoms with Crippen LogP contribution in [0.1, 0.15) is 5.82 Å². The van der Waals surface area contributed by atoms with Crippen molar-refractivity contribution in [3.05, 3.63) is 59.4 Å². The molecule has 0 aliphatic rings. The van der Waals surface area contributed by atoms with Gasteiger partial charge in [-0.3, -0.25) is 0 Å². The van der Waals surface area contributed by atoms with E-state index in [0.29, 0.717) is 6.54 Å². The highest BCUT2D eigenvalue weighted by Gasteiger charge is 2.10. The van der Waals surface area contributed by atoms with Gasteiger partial charge in [-0.1, -0.05) is 23.7 Å². The van der Waals surface area contributed by atoms with E-state index in [9.17, 15) is 5.11 Å². The Bertz CT molecular complexity index is 740. The van der Waals surface area contributed by atoms with Crippen LogP contribution in [0.2, 0.25) is 5.02 Å². The van der Waals surface area contributed by atoms with Crippen molar-refractivity contribution < 1.29 is 5.11 Å². The van der Waals surface area contributed by atoms with Crippen molar-refractivity contribution in [3.8, 4) is 0 Å². The van der Waals surface area contributed by atoms with E-state index in [4.69, 9.17) is 11.6 Å². The van der Waals surface area contributed by atoms with E-state index >= 15 is 0 Å². The summed E-state index contributed by atoms with van der Waals surface area (Å²) in [6, 6.07) is 15.8. The summed E-state index contributed by atoms with van der Waals surface area (Å²) in [5.41, 5.74) is 2.04. The lowest BCUT2D eigenvalue weighted by atomic mass is 10.3. The molecular weight excluding hydrogens is 304 g/mol. The van der Waals surface area contributed by atoms with Crippen molar-refractivity contribution in [2.75, 3.05) is 6.61 Å². The number of imidazole rings is 1. The molecule has 0 bridgehead atoms. The number of benzene rings is 2. The topological polar surface area (TPSA) is 38.0 Å². The van der Waals surface area contributed by atoms with Crippen molar-refractivity contribution in [3.63, 3.8) is 0 Å². The Morgan fingerprint density at radius 1 is 1.10 bits per heavy atom. The molecule has 108 valence electrons. The van der Waals surface area contributed by atoms with E-state index < -0.39 is 0 Å². The highest BCUT2D eigenvalue weighted by molar-refractivity contribution is 7.98. The van der Waals surface area contributed by atoms with E-state index in [2.05, 4.69) is 9.55 Å². The number of halogens is 1. The zero-order chi connectivity index (χ0) is 14.7. The molecule has 1 heterocycles. The fourth-order valence-electron chi connectivity index (χ4n) is 2.26. The second-order valence-corrected chi connectivity index (χ2v) is 6.12.